The van der Waals surface area contributed by atoms with E-state index in [-0.39, 0.29) is 18.5 Å². The highest BCUT2D eigenvalue weighted by atomic mass is 19.1. The van der Waals surface area contributed by atoms with Gasteiger partial charge in [-0.15, -0.1) is 0 Å². The Hall–Kier alpha value is -1.01. The van der Waals surface area contributed by atoms with Crippen molar-refractivity contribution in [3.05, 3.63) is 35.6 Å². The highest BCUT2D eigenvalue weighted by molar-refractivity contribution is 5.16. The molecule has 100 valence electrons. The summed E-state index contributed by atoms with van der Waals surface area (Å²) < 4.78 is 29.3. The van der Waals surface area contributed by atoms with Crippen LogP contribution in [-0.4, -0.2) is 36.8 Å². The molecule has 1 aliphatic rings. The van der Waals surface area contributed by atoms with Crippen molar-refractivity contribution in [2.75, 3.05) is 7.11 Å². The summed E-state index contributed by atoms with van der Waals surface area (Å²) in [6, 6.07) is 6.39. The number of benzene rings is 1. The zero-order valence-electron chi connectivity index (χ0n) is 10.4. The minimum atomic E-state index is -0.864. The first-order chi connectivity index (χ1) is 8.63. The number of rotatable bonds is 4. The Kier molecular flexibility index (Phi) is 4.29. The molecule has 0 amide bonds. The fraction of sp³-hybridized carbons (Fsp3) is 0.538. The number of halogens is 1. The maximum Gasteiger partial charge on any atom is 0.186 e. The number of aliphatic hydroxyl groups excluding tert-OH is 1. The van der Waals surface area contributed by atoms with E-state index in [0.29, 0.717) is 5.56 Å². The summed E-state index contributed by atoms with van der Waals surface area (Å²) >= 11 is 0. The Morgan fingerprint density at radius 1 is 1.39 bits per heavy atom. The monoisotopic (exact) mass is 256 g/mol. The molecule has 1 aliphatic heterocycles. The lowest BCUT2D eigenvalue weighted by molar-refractivity contribution is -0.146. The summed E-state index contributed by atoms with van der Waals surface area (Å²) in [6.07, 6.45) is -2.37. The van der Waals surface area contributed by atoms with Gasteiger partial charge < -0.3 is 19.3 Å². The smallest absolute Gasteiger partial charge is 0.186 e. The third-order valence-electron chi connectivity index (χ3n) is 3.05. The summed E-state index contributed by atoms with van der Waals surface area (Å²) in [5.41, 5.74) is 0.456. The van der Waals surface area contributed by atoms with Gasteiger partial charge in [0, 0.05) is 12.7 Å². The lowest BCUT2D eigenvalue weighted by Crippen LogP contribution is -2.34. The molecule has 4 atom stereocenters. The quantitative estimate of drug-likeness (QED) is 0.886. The van der Waals surface area contributed by atoms with Gasteiger partial charge in [0.05, 0.1) is 12.7 Å². The van der Waals surface area contributed by atoms with Gasteiger partial charge in [-0.25, -0.2) is 4.39 Å². The van der Waals surface area contributed by atoms with Gasteiger partial charge in [0.25, 0.3) is 0 Å². The molecule has 1 aromatic carbocycles. The fourth-order valence-corrected chi connectivity index (χ4v) is 2.03. The Bertz CT molecular complexity index is 398. The van der Waals surface area contributed by atoms with Crippen molar-refractivity contribution in [1.29, 1.82) is 0 Å². The van der Waals surface area contributed by atoms with E-state index < -0.39 is 18.5 Å². The summed E-state index contributed by atoms with van der Waals surface area (Å²) in [7, 11) is 1.46. The Morgan fingerprint density at radius 3 is 2.72 bits per heavy atom. The molecule has 0 spiro atoms. The fourth-order valence-electron chi connectivity index (χ4n) is 2.03. The van der Waals surface area contributed by atoms with Crippen LogP contribution < -0.4 is 0 Å². The van der Waals surface area contributed by atoms with Crippen LogP contribution in [0, 0.1) is 5.82 Å². The predicted octanol–water partition coefficient (Wildman–Crippen LogP) is 1.46. The minimum Gasteiger partial charge on any atom is -0.385 e. The highest BCUT2D eigenvalue weighted by Crippen LogP contribution is 2.25. The average Bonchev–Trinajstić information content (AvgIpc) is 2.64. The molecule has 1 unspecified atom stereocenters. The molecule has 1 fully saturated rings. The van der Waals surface area contributed by atoms with Crippen molar-refractivity contribution in [2.24, 2.45) is 0 Å². The first-order valence-electron chi connectivity index (χ1n) is 5.85. The maximum atomic E-state index is 13.4. The van der Waals surface area contributed by atoms with Crippen LogP contribution >= 0.6 is 0 Å². The van der Waals surface area contributed by atoms with Crippen molar-refractivity contribution < 1.29 is 23.7 Å². The van der Waals surface area contributed by atoms with Crippen LogP contribution in [0.25, 0.3) is 0 Å². The van der Waals surface area contributed by atoms with Crippen LogP contribution in [0.2, 0.25) is 0 Å². The molecule has 1 saturated heterocycles. The van der Waals surface area contributed by atoms with E-state index in [1.54, 1.807) is 25.1 Å². The Balaban J connectivity index is 1.96. The molecule has 1 heterocycles. The van der Waals surface area contributed by atoms with E-state index in [0.717, 1.165) is 0 Å². The van der Waals surface area contributed by atoms with Crippen LogP contribution in [0.4, 0.5) is 4.39 Å². The summed E-state index contributed by atoms with van der Waals surface area (Å²) in [5.74, 6) is -0.318. The van der Waals surface area contributed by atoms with Crippen molar-refractivity contribution >= 4 is 0 Å². The molecule has 0 aliphatic carbocycles. The number of ether oxygens (including phenoxy) is 3. The number of aliphatic hydroxyl groups is 1. The molecule has 0 bridgehead atoms. The minimum absolute atomic E-state index is 0.0958. The number of hydrogen-bond acceptors (Lipinski definition) is 4. The molecule has 5 heteroatoms. The van der Waals surface area contributed by atoms with Gasteiger partial charge in [0.2, 0.25) is 0 Å². The third-order valence-corrected chi connectivity index (χ3v) is 3.05. The van der Waals surface area contributed by atoms with Crippen LogP contribution in [-0.2, 0) is 20.8 Å². The van der Waals surface area contributed by atoms with E-state index in [1.165, 1.54) is 13.2 Å². The second-order valence-corrected chi connectivity index (χ2v) is 4.30. The van der Waals surface area contributed by atoms with E-state index in [4.69, 9.17) is 14.2 Å². The Morgan fingerprint density at radius 2 is 2.11 bits per heavy atom. The number of methoxy groups -OCH3 is 1. The van der Waals surface area contributed by atoms with E-state index in [1.807, 2.05) is 0 Å². The Labute approximate surface area is 105 Å². The van der Waals surface area contributed by atoms with Gasteiger partial charge in [0.1, 0.15) is 18.0 Å². The van der Waals surface area contributed by atoms with E-state index >= 15 is 0 Å². The predicted molar refractivity (Wildman–Crippen MR) is 62.3 cm³/mol. The van der Waals surface area contributed by atoms with Gasteiger partial charge in [-0.05, 0) is 13.0 Å². The van der Waals surface area contributed by atoms with Crippen molar-refractivity contribution in [3.8, 4) is 0 Å². The zero-order valence-corrected chi connectivity index (χ0v) is 10.4. The SMILES string of the molecule is COC1O[C@H](C)[C@H](OCc2ccccc2F)[C@H]1O. The molecule has 18 heavy (non-hydrogen) atoms. The summed E-state index contributed by atoms with van der Waals surface area (Å²) in [5, 5.41) is 9.90. The van der Waals surface area contributed by atoms with Gasteiger partial charge in [-0.3, -0.25) is 0 Å². The van der Waals surface area contributed by atoms with E-state index in [9.17, 15) is 9.50 Å². The molecule has 1 N–H and O–H groups in total. The topological polar surface area (TPSA) is 47.9 Å². The summed E-state index contributed by atoms with van der Waals surface area (Å²) in [6.45, 7) is 1.88. The van der Waals surface area contributed by atoms with Crippen LogP contribution in [0.3, 0.4) is 0 Å². The average molecular weight is 256 g/mol. The zero-order chi connectivity index (χ0) is 13.1. The molecule has 2 rings (SSSR count). The van der Waals surface area contributed by atoms with Crippen LogP contribution in [0.5, 0.6) is 0 Å². The second-order valence-electron chi connectivity index (χ2n) is 4.30. The highest BCUT2D eigenvalue weighted by Gasteiger charge is 2.42. The van der Waals surface area contributed by atoms with Gasteiger partial charge in [-0.1, -0.05) is 18.2 Å². The molecule has 1 aromatic rings. The molecular formula is C13H17FO4. The molecule has 0 saturated carbocycles. The normalized spacial score (nSPS) is 31.8. The summed E-state index contributed by atoms with van der Waals surface area (Å²) in [4.78, 5) is 0. The van der Waals surface area contributed by atoms with Crippen molar-refractivity contribution in [1.82, 2.24) is 0 Å². The standard InChI is InChI=1S/C13H17FO4/c1-8-12(11(15)13(16-2)18-8)17-7-9-5-3-4-6-10(9)14/h3-6,8,11-13,15H,7H2,1-2H3/t8-,11-,12+,13?/m1/s1. The van der Waals surface area contributed by atoms with Crippen LogP contribution in [0.1, 0.15) is 12.5 Å². The van der Waals surface area contributed by atoms with Crippen molar-refractivity contribution in [2.45, 2.75) is 38.1 Å². The van der Waals surface area contributed by atoms with Crippen molar-refractivity contribution in [3.63, 3.8) is 0 Å². The first-order valence-corrected chi connectivity index (χ1v) is 5.85. The molecule has 4 nitrogen and oxygen atoms in total. The first kappa shape index (κ1) is 13.4. The third kappa shape index (κ3) is 2.70. The lowest BCUT2D eigenvalue weighted by Gasteiger charge is -2.18. The largest absolute Gasteiger partial charge is 0.385 e. The second kappa shape index (κ2) is 5.75. The molecule has 0 aromatic heterocycles. The lowest BCUT2D eigenvalue weighted by atomic mass is 10.1. The van der Waals surface area contributed by atoms with Gasteiger partial charge >= 0.3 is 0 Å². The van der Waals surface area contributed by atoms with Gasteiger partial charge in [0.15, 0.2) is 6.29 Å². The molecule has 0 radical (unpaired) electrons. The van der Waals surface area contributed by atoms with E-state index in [2.05, 4.69) is 0 Å². The van der Waals surface area contributed by atoms with Gasteiger partial charge in [-0.2, -0.15) is 0 Å². The maximum absolute atomic E-state index is 13.4. The van der Waals surface area contributed by atoms with Crippen LogP contribution in [0.15, 0.2) is 24.3 Å². The molecular weight excluding hydrogens is 239 g/mol. The number of hydrogen-bond donors (Lipinski definition) is 1.